The largest absolute Gasteiger partial charge is 0.444 e. The Morgan fingerprint density at radius 1 is 1.25 bits per heavy atom. The van der Waals surface area contributed by atoms with Crippen molar-refractivity contribution in [2.24, 2.45) is 0 Å². The minimum atomic E-state index is -0.0781. The van der Waals surface area contributed by atoms with Crippen LogP contribution in [0.25, 0.3) is 0 Å². The third-order valence-corrected chi connectivity index (χ3v) is 4.13. The average Bonchev–Trinajstić information content (AvgIpc) is 2.89. The number of ether oxygens (including phenoxy) is 1. The molecule has 0 aromatic heterocycles. The predicted molar refractivity (Wildman–Crippen MR) is 60.3 cm³/mol. The molecule has 3 atom stereocenters. The van der Waals surface area contributed by atoms with E-state index in [0.29, 0.717) is 12.1 Å². The van der Waals surface area contributed by atoms with E-state index in [1.54, 1.807) is 0 Å². The predicted octanol–water partition coefficient (Wildman–Crippen LogP) is 1.50. The van der Waals surface area contributed by atoms with Crippen LogP contribution in [-0.2, 0) is 4.74 Å². The van der Waals surface area contributed by atoms with Crippen molar-refractivity contribution in [2.75, 3.05) is 13.1 Å². The Morgan fingerprint density at radius 2 is 2.12 bits per heavy atom. The molecule has 0 spiro atoms. The number of amides is 1. The third-order valence-electron chi connectivity index (χ3n) is 4.13. The van der Waals surface area contributed by atoms with E-state index < -0.39 is 0 Å². The molecule has 0 aromatic rings. The molecule has 3 rings (SSSR count). The topological polar surface area (TPSA) is 41.6 Å². The first-order valence-electron chi connectivity index (χ1n) is 6.55. The minimum absolute atomic E-state index is 0.0781. The quantitative estimate of drug-likeness (QED) is 0.773. The fourth-order valence-electron chi connectivity index (χ4n) is 3.26. The van der Waals surface area contributed by atoms with Crippen LogP contribution in [0.5, 0.6) is 0 Å². The van der Waals surface area contributed by atoms with E-state index >= 15 is 0 Å². The summed E-state index contributed by atoms with van der Waals surface area (Å²) < 4.78 is 5.45. The summed E-state index contributed by atoms with van der Waals surface area (Å²) in [7, 11) is 0. The zero-order chi connectivity index (χ0) is 11.0. The van der Waals surface area contributed by atoms with Crippen molar-refractivity contribution in [2.45, 2.75) is 56.7 Å². The molecule has 0 bridgehead atoms. The molecule has 3 fully saturated rings. The normalized spacial score (nSPS) is 38.6. The molecule has 0 radical (unpaired) electrons. The van der Waals surface area contributed by atoms with Gasteiger partial charge in [-0.05, 0) is 38.6 Å². The first-order chi connectivity index (χ1) is 7.84. The molecule has 4 nitrogen and oxygen atoms in total. The highest BCUT2D eigenvalue weighted by atomic mass is 16.6. The Morgan fingerprint density at radius 3 is 2.94 bits per heavy atom. The van der Waals surface area contributed by atoms with E-state index in [9.17, 15) is 4.79 Å². The second-order valence-corrected chi connectivity index (χ2v) is 5.22. The molecule has 90 valence electrons. The van der Waals surface area contributed by atoms with Crippen molar-refractivity contribution < 1.29 is 9.53 Å². The van der Waals surface area contributed by atoms with Crippen LogP contribution in [-0.4, -0.2) is 42.3 Å². The molecule has 2 aliphatic heterocycles. The maximum absolute atomic E-state index is 11.8. The van der Waals surface area contributed by atoms with E-state index in [2.05, 4.69) is 5.32 Å². The van der Waals surface area contributed by atoms with Crippen molar-refractivity contribution in [1.29, 1.82) is 0 Å². The first-order valence-corrected chi connectivity index (χ1v) is 6.55. The molecule has 2 saturated heterocycles. The molecule has 1 amide bonds. The van der Waals surface area contributed by atoms with Crippen molar-refractivity contribution >= 4 is 6.09 Å². The van der Waals surface area contributed by atoms with Crippen molar-refractivity contribution in [3.63, 3.8) is 0 Å². The summed E-state index contributed by atoms with van der Waals surface area (Å²) in [5.41, 5.74) is 0. The monoisotopic (exact) mass is 224 g/mol. The van der Waals surface area contributed by atoms with Gasteiger partial charge in [-0.15, -0.1) is 0 Å². The van der Waals surface area contributed by atoms with E-state index in [1.807, 2.05) is 4.90 Å². The molecule has 1 N–H and O–H groups in total. The first kappa shape index (κ1) is 10.4. The van der Waals surface area contributed by atoms with Gasteiger partial charge in [0, 0.05) is 12.6 Å². The molecule has 3 aliphatic rings. The zero-order valence-corrected chi connectivity index (χ0v) is 9.65. The second-order valence-electron chi connectivity index (χ2n) is 5.22. The van der Waals surface area contributed by atoms with Crippen LogP contribution in [0.1, 0.15) is 38.5 Å². The lowest BCUT2D eigenvalue weighted by atomic mass is 9.92. The summed E-state index contributed by atoms with van der Waals surface area (Å²) in [6.07, 6.45) is 7.18. The zero-order valence-electron chi connectivity index (χ0n) is 9.65. The Hall–Kier alpha value is -0.770. The average molecular weight is 224 g/mol. The Kier molecular flexibility index (Phi) is 2.75. The van der Waals surface area contributed by atoms with Gasteiger partial charge in [-0.1, -0.05) is 6.42 Å². The number of hydrogen-bond acceptors (Lipinski definition) is 3. The Balaban J connectivity index is 1.65. The van der Waals surface area contributed by atoms with Crippen LogP contribution in [0, 0.1) is 0 Å². The molecule has 3 unspecified atom stereocenters. The molecular weight excluding hydrogens is 204 g/mol. The molecule has 1 aliphatic carbocycles. The third kappa shape index (κ3) is 1.79. The summed E-state index contributed by atoms with van der Waals surface area (Å²) in [4.78, 5) is 13.8. The lowest BCUT2D eigenvalue weighted by molar-refractivity contribution is 0.113. The number of carbonyl (C=O) groups excluding carboxylic acids is 1. The second kappa shape index (κ2) is 4.24. The number of fused-ring (bicyclic) bond motifs is 1. The van der Waals surface area contributed by atoms with Gasteiger partial charge in [0.2, 0.25) is 0 Å². The summed E-state index contributed by atoms with van der Waals surface area (Å²) >= 11 is 0. The van der Waals surface area contributed by atoms with Crippen molar-refractivity contribution in [3.05, 3.63) is 0 Å². The summed E-state index contributed by atoms with van der Waals surface area (Å²) in [6.45, 7) is 1.95. The molecule has 4 heteroatoms. The highest BCUT2D eigenvalue weighted by molar-refractivity contribution is 5.70. The highest BCUT2D eigenvalue weighted by Gasteiger charge is 2.43. The lowest BCUT2D eigenvalue weighted by Crippen LogP contribution is -2.44. The molecule has 16 heavy (non-hydrogen) atoms. The van der Waals surface area contributed by atoms with E-state index in [1.165, 1.54) is 25.7 Å². The fourth-order valence-corrected chi connectivity index (χ4v) is 3.26. The van der Waals surface area contributed by atoms with Crippen LogP contribution >= 0.6 is 0 Å². The highest BCUT2D eigenvalue weighted by Crippen LogP contribution is 2.32. The molecular formula is C12H20N2O2. The van der Waals surface area contributed by atoms with Gasteiger partial charge >= 0.3 is 6.09 Å². The fraction of sp³-hybridized carbons (Fsp3) is 0.917. The van der Waals surface area contributed by atoms with Crippen LogP contribution < -0.4 is 5.32 Å². The SMILES string of the molecule is O=C1OC2CCCCC2N1CC1CCCN1. The summed E-state index contributed by atoms with van der Waals surface area (Å²) in [5, 5.41) is 3.45. The standard InChI is InChI=1S/C12H20N2O2/c15-12-14(8-9-4-3-7-13-9)10-5-1-2-6-11(10)16-12/h9-11,13H,1-8H2. The van der Waals surface area contributed by atoms with Gasteiger partial charge in [-0.3, -0.25) is 4.90 Å². The van der Waals surface area contributed by atoms with Gasteiger partial charge < -0.3 is 10.1 Å². The van der Waals surface area contributed by atoms with E-state index in [-0.39, 0.29) is 12.2 Å². The van der Waals surface area contributed by atoms with Crippen molar-refractivity contribution in [1.82, 2.24) is 10.2 Å². The van der Waals surface area contributed by atoms with Crippen LogP contribution in [0.15, 0.2) is 0 Å². The molecule has 1 saturated carbocycles. The van der Waals surface area contributed by atoms with Gasteiger partial charge in [-0.2, -0.15) is 0 Å². The van der Waals surface area contributed by atoms with Gasteiger partial charge in [0.1, 0.15) is 6.10 Å². The summed E-state index contributed by atoms with van der Waals surface area (Å²) in [6, 6.07) is 0.858. The number of carbonyl (C=O) groups is 1. The van der Waals surface area contributed by atoms with Gasteiger partial charge in [0.25, 0.3) is 0 Å². The number of nitrogens with zero attached hydrogens (tertiary/aromatic N) is 1. The number of rotatable bonds is 2. The number of hydrogen-bond donors (Lipinski definition) is 1. The summed E-state index contributed by atoms with van der Waals surface area (Å²) in [5.74, 6) is 0. The van der Waals surface area contributed by atoms with E-state index in [0.717, 1.165) is 25.9 Å². The molecule has 2 heterocycles. The Bertz CT molecular complexity index is 276. The van der Waals surface area contributed by atoms with Crippen molar-refractivity contribution in [3.8, 4) is 0 Å². The molecule has 0 aromatic carbocycles. The Labute approximate surface area is 96.3 Å². The van der Waals surface area contributed by atoms with E-state index in [4.69, 9.17) is 4.74 Å². The maximum Gasteiger partial charge on any atom is 0.410 e. The van der Waals surface area contributed by atoms with Crippen LogP contribution in [0.4, 0.5) is 4.79 Å². The van der Waals surface area contributed by atoms with Gasteiger partial charge in [0.15, 0.2) is 0 Å². The smallest absolute Gasteiger partial charge is 0.410 e. The minimum Gasteiger partial charge on any atom is -0.444 e. The lowest BCUT2D eigenvalue weighted by Gasteiger charge is -2.29. The van der Waals surface area contributed by atoms with Crippen LogP contribution in [0.2, 0.25) is 0 Å². The van der Waals surface area contributed by atoms with Gasteiger partial charge in [0.05, 0.1) is 6.04 Å². The van der Waals surface area contributed by atoms with Crippen LogP contribution in [0.3, 0.4) is 0 Å². The maximum atomic E-state index is 11.8. The van der Waals surface area contributed by atoms with Gasteiger partial charge in [-0.25, -0.2) is 4.79 Å². The number of nitrogens with one attached hydrogen (secondary N) is 1.